The van der Waals surface area contributed by atoms with Crippen molar-refractivity contribution in [2.75, 3.05) is 58.5 Å². The molecule has 1 N–H and O–H groups in total. The summed E-state index contributed by atoms with van der Waals surface area (Å²) in [5.41, 5.74) is 0.617. The molecule has 176 valence electrons. The van der Waals surface area contributed by atoms with Gasteiger partial charge in [0.05, 0.1) is 27.4 Å². The predicted octanol–water partition coefficient (Wildman–Crippen LogP) is 3.29. The van der Waals surface area contributed by atoms with Crippen LogP contribution in [0.3, 0.4) is 0 Å². The second-order valence-corrected chi connectivity index (χ2v) is 9.18. The molecule has 3 rings (SSSR count). The van der Waals surface area contributed by atoms with Crippen LogP contribution in [-0.2, 0) is 13.6 Å². The van der Waals surface area contributed by atoms with Crippen LogP contribution in [0.5, 0.6) is 17.2 Å². The molecule has 32 heavy (non-hydrogen) atoms. The highest BCUT2D eigenvalue weighted by Crippen LogP contribution is 2.63. The topological polar surface area (TPSA) is 106 Å². The number of hydrogen-bond acceptors (Lipinski definition) is 10. The number of aromatic hydroxyl groups is 1. The van der Waals surface area contributed by atoms with E-state index in [1.54, 1.807) is 44.4 Å². The minimum Gasteiger partial charge on any atom is -0.502 e. The molecule has 1 aliphatic heterocycles. The second-order valence-electron chi connectivity index (χ2n) is 7.09. The van der Waals surface area contributed by atoms with Crippen LogP contribution in [0.2, 0.25) is 0 Å². The van der Waals surface area contributed by atoms with Crippen molar-refractivity contribution in [1.29, 1.82) is 0 Å². The molecule has 2 heterocycles. The molecule has 0 bridgehead atoms. The third kappa shape index (κ3) is 5.15. The molecule has 1 fully saturated rings. The van der Waals surface area contributed by atoms with Gasteiger partial charge < -0.3 is 28.5 Å². The smallest absolute Gasteiger partial charge is 0.352 e. The van der Waals surface area contributed by atoms with E-state index in [-0.39, 0.29) is 30.5 Å². The van der Waals surface area contributed by atoms with Gasteiger partial charge in [-0.05, 0) is 37.6 Å². The van der Waals surface area contributed by atoms with Crippen molar-refractivity contribution in [1.82, 2.24) is 14.9 Å². The Labute approximate surface area is 188 Å². The molecule has 0 aliphatic carbocycles. The SMILES string of the molecule is CCOP(=O)(OCC)C(c1cc(OC)c(O)c(OC)c1)N1CCN(c2ncccn2)CC1. The molecule has 0 saturated carbocycles. The fourth-order valence-electron chi connectivity index (χ4n) is 3.82. The number of ether oxygens (including phenoxy) is 2. The summed E-state index contributed by atoms with van der Waals surface area (Å²) < 4.78 is 36.1. The Hall–Kier alpha value is -2.39. The van der Waals surface area contributed by atoms with Crippen molar-refractivity contribution in [2.45, 2.75) is 19.6 Å². The Balaban J connectivity index is 1.98. The summed E-state index contributed by atoms with van der Waals surface area (Å²) >= 11 is 0. The minimum atomic E-state index is -3.60. The highest BCUT2D eigenvalue weighted by atomic mass is 31.2. The summed E-state index contributed by atoms with van der Waals surface area (Å²) in [5, 5.41) is 10.4. The summed E-state index contributed by atoms with van der Waals surface area (Å²) in [5.74, 6) is 0.283. The second kappa shape index (κ2) is 11.0. The monoisotopic (exact) mass is 466 g/mol. The van der Waals surface area contributed by atoms with Crippen LogP contribution in [0.1, 0.15) is 25.2 Å². The van der Waals surface area contributed by atoms with Crippen molar-refractivity contribution in [3.05, 3.63) is 36.2 Å². The largest absolute Gasteiger partial charge is 0.502 e. The lowest BCUT2D eigenvalue weighted by atomic mass is 10.1. The van der Waals surface area contributed by atoms with Gasteiger partial charge in [0.2, 0.25) is 11.7 Å². The highest BCUT2D eigenvalue weighted by Gasteiger charge is 2.43. The van der Waals surface area contributed by atoms with Gasteiger partial charge in [0, 0.05) is 38.6 Å². The van der Waals surface area contributed by atoms with Gasteiger partial charge in [-0.3, -0.25) is 9.46 Å². The lowest BCUT2D eigenvalue weighted by Crippen LogP contribution is -2.48. The predicted molar refractivity (Wildman–Crippen MR) is 121 cm³/mol. The summed E-state index contributed by atoms with van der Waals surface area (Å²) in [6.45, 7) is 6.49. The van der Waals surface area contributed by atoms with Gasteiger partial charge in [0.1, 0.15) is 5.78 Å². The van der Waals surface area contributed by atoms with Gasteiger partial charge in [-0.2, -0.15) is 0 Å². The third-order valence-electron chi connectivity index (χ3n) is 5.21. The van der Waals surface area contributed by atoms with Crippen LogP contribution in [-0.4, -0.2) is 73.6 Å². The first kappa shape index (κ1) is 24.3. The Morgan fingerprint density at radius 1 is 1.00 bits per heavy atom. The number of methoxy groups -OCH3 is 2. The zero-order valence-corrected chi connectivity index (χ0v) is 19.8. The van der Waals surface area contributed by atoms with Gasteiger partial charge in [-0.25, -0.2) is 9.97 Å². The highest BCUT2D eigenvalue weighted by molar-refractivity contribution is 7.54. The molecule has 1 unspecified atom stereocenters. The van der Waals surface area contributed by atoms with Crippen LogP contribution in [0.25, 0.3) is 0 Å². The van der Waals surface area contributed by atoms with Crippen LogP contribution in [0.15, 0.2) is 30.6 Å². The molecule has 11 heteroatoms. The molecule has 0 spiro atoms. The number of rotatable bonds is 10. The third-order valence-corrected chi connectivity index (χ3v) is 7.67. The fourth-order valence-corrected chi connectivity index (χ4v) is 6.04. The first-order valence-corrected chi connectivity index (χ1v) is 12.2. The maximum atomic E-state index is 14.0. The Morgan fingerprint density at radius 3 is 2.00 bits per heavy atom. The van der Waals surface area contributed by atoms with E-state index in [1.165, 1.54) is 14.2 Å². The van der Waals surface area contributed by atoms with E-state index >= 15 is 0 Å². The van der Waals surface area contributed by atoms with E-state index in [4.69, 9.17) is 18.5 Å². The van der Waals surface area contributed by atoms with Crippen molar-refractivity contribution < 1.29 is 28.2 Å². The van der Waals surface area contributed by atoms with E-state index in [9.17, 15) is 9.67 Å². The van der Waals surface area contributed by atoms with Crippen molar-refractivity contribution in [2.24, 2.45) is 0 Å². The normalized spacial score (nSPS) is 16.1. The molecule has 0 radical (unpaired) electrons. The van der Waals surface area contributed by atoms with E-state index in [0.29, 0.717) is 37.7 Å². The van der Waals surface area contributed by atoms with Gasteiger partial charge >= 0.3 is 7.60 Å². The maximum absolute atomic E-state index is 14.0. The number of anilines is 1. The lowest BCUT2D eigenvalue weighted by molar-refractivity contribution is 0.157. The number of hydrogen-bond donors (Lipinski definition) is 1. The quantitative estimate of drug-likeness (QED) is 0.524. The fraction of sp³-hybridized carbons (Fsp3) is 0.524. The summed E-state index contributed by atoms with van der Waals surface area (Å²) in [6.07, 6.45) is 3.43. The first-order chi connectivity index (χ1) is 15.5. The summed E-state index contributed by atoms with van der Waals surface area (Å²) in [4.78, 5) is 12.8. The molecule has 1 atom stereocenters. The molecule has 2 aromatic rings. The molecular formula is C21H31N4O6P. The van der Waals surface area contributed by atoms with E-state index in [2.05, 4.69) is 19.8 Å². The molecule has 1 aliphatic rings. The molecule has 0 amide bonds. The van der Waals surface area contributed by atoms with Gasteiger partial charge in [-0.15, -0.1) is 0 Å². The van der Waals surface area contributed by atoms with Gasteiger partial charge in [0.15, 0.2) is 11.5 Å². The maximum Gasteiger partial charge on any atom is 0.352 e. The number of benzene rings is 1. The van der Waals surface area contributed by atoms with Crippen molar-refractivity contribution in [3.8, 4) is 17.2 Å². The van der Waals surface area contributed by atoms with Crippen LogP contribution >= 0.6 is 7.60 Å². The summed E-state index contributed by atoms with van der Waals surface area (Å²) in [6, 6.07) is 5.08. The summed E-state index contributed by atoms with van der Waals surface area (Å²) in [7, 11) is -0.694. The van der Waals surface area contributed by atoms with E-state index in [1.807, 2.05) is 0 Å². The number of phenolic OH excluding ortho intramolecular Hbond substituents is 1. The Bertz CT molecular complexity index is 889. The molecule has 1 saturated heterocycles. The van der Waals surface area contributed by atoms with Gasteiger partial charge in [0.25, 0.3) is 0 Å². The van der Waals surface area contributed by atoms with Gasteiger partial charge in [-0.1, -0.05) is 0 Å². The molecule has 1 aromatic carbocycles. The van der Waals surface area contributed by atoms with E-state index in [0.717, 1.165) is 0 Å². The Kier molecular flexibility index (Phi) is 8.31. The van der Waals surface area contributed by atoms with Crippen LogP contribution in [0, 0.1) is 0 Å². The zero-order chi connectivity index (χ0) is 23.1. The van der Waals surface area contributed by atoms with E-state index < -0.39 is 13.4 Å². The lowest BCUT2D eigenvalue weighted by Gasteiger charge is -2.41. The molecule has 10 nitrogen and oxygen atoms in total. The average molecular weight is 466 g/mol. The average Bonchev–Trinajstić information content (AvgIpc) is 2.81. The number of nitrogens with zero attached hydrogens (tertiary/aromatic N) is 4. The van der Waals surface area contributed by atoms with Crippen LogP contribution in [0.4, 0.5) is 5.95 Å². The minimum absolute atomic E-state index is 0.119. The van der Waals surface area contributed by atoms with Crippen LogP contribution < -0.4 is 14.4 Å². The Morgan fingerprint density at radius 2 is 1.53 bits per heavy atom. The molecular weight excluding hydrogens is 435 g/mol. The van der Waals surface area contributed by atoms with Crippen molar-refractivity contribution >= 4 is 13.5 Å². The first-order valence-electron chi connectivity index (χ1n) is 10.6. The number of piperazine rings is 1. The standard InChI is InChI=1S/C21H31N4O6P/c1-5-30-32(27,31-6-2)20(16-14-17(28-3)19(26)18(15-16)29-4)24-10-12-25(13-11-24)21-22-8-7-9-23-21/h7-9,14-15,20,26H,5-6,10-13H2,1-4H3. The van der Waals surface area contributed by atoms with Crippen molar-refractivity contribution in [3.63, 3.8) is 0 Å². The number of aromatic nitrogens is 2. The zero-order valence-electron chi connectivity index (χ0n) is 18.9. The number of phenols is 1. The molecule has 1 aromatic heterocycles.